The van der Waals surface area contributed by atoms with Crippen molar-refractivity contribution < 1.29 is 0 Å². The molecule has 2 N–H and O–H groups in total. The van der Waals surface area contributed by atoms with Crippen LogP contribution in [0, 0.1) is 11.8 Å². The second-order valence-electron chi connectivity index (χ2n) is 6.45. The highest BCUT2D eigenvalue weighted by atomic mass is 15.1. The van der Waals surface area contributed by atoms with Gasteiger partial charge in [0.15, 0.2) is 0 Å². The monoisotopic (exact) mass is 275 g/mol. The van der Waals surface area contributed by atoms with Gasteiger partial charge < -0.3 is 10.6 Å². The molecule has 0 amide bonds. The molecule has 0 spiro atoms. The third-order valence-corrected chi connectivity index (χ3v) is 4.57. The highest BCUT2D eigenvalue weighted by molar-refractivity contribution is 5.08. The first-order chi connectivity index (χ1) is 9.69. The molecule has 112 valence electrons. The fourth-order valence-corrected chi connectivity index (χ4v) is 3.53. The average molecular weight is 275 g/mol. The van der Waals surface area contributed by atoms with Crippen LogP contribution < -0.4 is 5.73 Å². The quantitative estimate of drug-likeness (QED) is 0.867. The highest BCUT2D eigenvalue weighted by Crippen LogP contribution is 2.31. The summed E-state index contributed by atoms with van der Waals surface area (Å²) in [6.07, 6.45) is 10.3. The average Bonchev–Trinajstić information content (AvgIpc) is 2.44. The third kappa shape index (κ3) is 4.57. The van der Waals surface area contributed by atoms with E-state index in [2.05, 4.69) is 29.9 Å². The van der Waals surface area contributed by atoms with Gasteiger partial charge in [-0.25, -0.2) is 0 Å². The standard InChI is InChI=1S/C17H29N3/c1-3-5-14-7-8-17(18)16(10-14)13-20(2)12-15-6-4-9-19-11-15/h4,6,9,11,14,16-17H,3,5,7-8,10,12-13,18H2,1-2H3. The summed E-state index contributed by atoms with van der Waals surface area (Å²) in [4.78, 5) is 6.58. The van der Waals surface area contributed by atoms with Crippen LogP contribution in [0.4, 0.5) is 0 Å². The zero-order valence-electron chi connectivity index (χ0n) is 13.0. The summed E-state index contributed by atoms with van der Waals surface area (Å²) >= 11 is 0. The Kier molecular flexibility index (Phi) is 5.99. The molecule has 1 aromatic heterocycles. The van der Waals surface area contributed by atoms with E-state index in [0.29, 0.717) is 12.0 Å². The van der Waals surface area contributed by atoms with Crippen LogP contribution in [-0.2, 0) is 6.54 Å². The van der Waals surface area contributed by atoms with Crippen LogP contribution in [0.25, 0.3) is 0 Å². The molecule has 1 aromatic rings. The fourth-order valence-electron chi connectivity index (χ4n) is 3.53. The van der Waals surface area contributed by atoms with Crippen molar-refractivity contribution in [3.63, 3.8) is 0 Å². The Morgan fingerprint density at radius 3 is 2.95 bits per heavy atom. The highest BCUT2D eigenvalue weighted by Gasteiger charge is 2.28. The Bertz CT molecular complexity index is 379. The second kappa shape index (κ2) is 7.75. The van der Waals surface area contributed by atoms with Gasteiger partial charge in [0, 0.05) is 31.5 Å². The van der Waals surface area contributed by atoms with Crippen molar-refractivity contribution in [2.45, 2.75) is 51.6 Å². The van der Waals surface area contributed by atoms with E-state index >= 15 is 0 Å². The van der Waals surface area contributed by atoms with Crippen LogP contribution in [-0.4, -0.2) is 29.5 Å². The molecule has 0 aliphatic heterocycles. The van der Waals surface area contributed by atoms with Gasteiger partial charge in [-0.3, -0.25) is 4.98 Å². The topological polar surface area (TPSA) is 42.1 Å². The zero-order valence-corrected chi connectivity index (χ0v) is 13.0. The number of pyridine rings is 1. The van der Waals surface area contributed by atoms with E-state index in [9.17, 15) is 0 Å². The lowest BCUT2D eigenvalue weighted by Crippen LogP contribution is -2.42. The molecule has 3 unspecified atom stereocenters. The van der Waals surface area contributed by atoms with E-state index in [1.807, 2.05) is 18.5 Å². The minimum Gasteiger partial charge on any atom is -0.327 e. The molecule has 3 heteroatoms. The van der Waals surface area contributed by atoms with Gasteiger partial charge in [0.2, 0.25) is 0 Å². The second-order valence-corrected chi connectivity index (χ2v) is 6.45. The number of hydrogen-bond acceptors (Lipinski definition) is 3. The number of nitrogens with two attached hydrogens (primary N) is 1. The Balaban J connectivity index is 1.84. The van der Waals surface area contributed by atoms with Crippen LogP contribution in [0.2, 0.25) is 0 Å². The molecule has 0 bridgehead atoms. The summed E-state index contributed by atoms with van der Waals surface area (Å²) in [5.41, 5.74) is 7.62. The molecule has 0 saturated heterocycles. The van der Waals surface area contributed by atoms with Crippen molar-refractivity contribution in [2.75, 3.05) is 13.6 Å². The minimum atomic E-state index is 0.388. The maximum absolute atomic E-state index is 6.34. The van der Waals surface area contributed by atoms with Crippen molar-refractivity contribution in [1.82, 2.24) is 9.88 Å². The summed E-state index contributed by atoms with van der Waals surface area (Å²) < 4.78 is 0. The lowest BCUT2D eigenvalue weighted by molar-refractivity contribution is 0.165. The molecule has 3 nitrogen and oxygen atoms in total. The Hall–Kier alpha value is -0.930. The van der Waals surface area contributed by atoms with Gasteiger partial charge in [-0.15, -0.1) is 0 Å². The fraction of sp³-hybridized carbons (Fsp3) is 0.706. The first kappa shape index (κ1) is 15.5. The van der Waals surface area contributed by atoms with E-state index in [1.54, 1.807) is 0 Å². The third-order valence-electron chi connectivity index (χ3n) is 4.57. The lowest BCUT2D eigenvalue weighted by atomic mass is 9.76. The van der Waals surface area contributed by atoms with Crippen molar-refractivity contribution in [3.8, 4) is 0 Å². The Morgan fingerprint density at radius 1 is 1.40 bits per heavy atom. The van der Waals surface area contributed by atoms with Gasteiger partial charge in [0.05, 0.1) is 0 Å². The maximum Gasteiger partial charge on any atom is 0.0312 e. The summed E-state index contributed by atoms with van der Waals surface area (Å²) in [6, 6.07) is 4.54. The summed E-state index contributed by atoms with van der Waals surface area (Å²) in [6.45, 7) is 4.36. The number of nitrogens with zero attached hydrogens (tertiary/aromatic N) is 2. The van der Waals surface area contributed by atoms with Crippen LogP contribution in [0.5, 0.6) is 0 Å². The van der Waals surface area contributed by atoms with Crippen molar-refractivity contribution in [2.24, 2.45) is 17.6 Å². The van der Waals surface area contributed by atoms with Crippen LogP contribution in [0.1, 0.15) is 44.6 Å². The molecular weight excluding hydrogens is 246 g/mol. The molecule has 1 aliphatic carbocycles. The van der Waals surface area contributed by atoms with Crippen molar-refractivity contribution >= 4 is 0 Å². The smallest absolute Gasteiger partial charge is 0.0312 e. The lowest BCUT2D eigenvalue weighted by Gasteiger charge is -2.36. The molecule has 1 heterocycles. The van der Waals surface area contributed by atoms with Gasteiger partial charge >= 0.3 is 0 Å². The van der Waals surface area contributed by atoms with Crippen molar-refractivity contribution in [3.05, 3.63) is 30.1 Å². The van der Waals surface area contributed by atoms with E-state index < -0.39 is 0 Å². The van der Waals surface area contributed by atoms with Gasteiger partial charge in [-0.2, -0.15) is 0 Å². The van der Waals surface area contributed by atoms with Gasteiger partial charge in [-0.05, 0) is 49.8 Å². The Labute approximate surface area is 123 Å². The number of rotatable bonds is 6. The summed E-state index contributed by atoms with van der Waals surface area (Å²) in [5, 5.41) is 0. The molecule has 0 aromatic carbocycles. The largest absolute Gasteiger partial charge is 0.327 e. The molecule has 20 heavy (non-hydrogen) atoms. The molecule has 1 aliphatic rings. The van der Waals surface area contributed by atoms with Gasteiger partial charge in [0.1, 0.15) is 0 Å². The molecule has 3 atom stereocenters. The number of hydrogen-bond donors (Lipinski definition) is 1. The summed E-state index contributed by atoms with van der Waals surface area (Å²) in [5.74, 6) is 1.55. The Morgan fingerprint density at radius 2 is 2.25 bits per heavy atom. The molecule has 1 fully saturated rings. The molecule has 1 saturated carbocycles. The van der Waals surface area contributed by atoms with Crippen LogP contribution in [0.15, 0.2) is 24.5 Å². The maximum atomic E-state index is 6.34. The predicted octanol–water partition coefficient (Wildman–Crippen LogP) is 3.06. The molecule has 2 rings (SSSR count). The minimum absolute atomic E-state index is 0.388. The van der Waals surface area contributed by atoms with E-state index in [4.69, 9.17) is 5.73 Å². The summed E-state index contributed by atoms with van der Waals surface area (Å²) in [7, 11) is 2.20. The van der Waals surface area contributed by atoms with E-state index in [0.717, 1.165) is 19.0 Å². The first-order valence-corrected chi connectivity index (χ1v) is 8.02. The SMILES string of the molecule is CCCC1CCC(N)C(CN(C)Cc2cccnc2)C1. The van der Waals surface area contributed by atoms with Crippen molar-refractivity contribution in [1.29, 1.82) is 0 Å². The van der Waals surface area contributed by atoms with E-state index in [-0.39, 0.29) is 0 Å². The predicted molar refractivity (Wildman–Crippen MR) is 84.3 cm³/mol. The van der Waals surface area contributed by atoms with Crippen LogP contribution in [0.3, 0.4) is 0 Å². The van der Waals surface area contributed by atoms with Gasteiger partial charge in [-0.1, -0.05) is 25.8 Å². The molecule has 0 radical (unpaired) electrons. The van der Waals surface area contributed by atoms with E-state index in [1.165, 1.54) is 37.7 Å². The first-order valence-electron chi connectivity index (χ1n) is 8.02. The van der Waals surface area contributed by atoms with Gasteiger partial charge in [0.25, 0.3) is 0 Å². The number of aromatic nitrogens is 1. The normalized spacial score (nSPS) is 26.9. The molecular formula is C17H29N3. The zero-order chi connectivity index (χ0) is 14.4. The van der Waals surface area contributed by atoms with Crippen LogP contribution >= 0.6 is 0 Å².